The fourth-order valence-electron chi connectivity index (χ4n) is 2.08. The van der Waals surface area contributed by atoms with Crippen molar-refractivity contribution in [3.05, 3.63) is 65.7 Å². The molecule has 0 spiro atoms. The number of carbonyl (C=O) groups is 1. The molecule has 0 saturated heterocycles. The summed E-state index contributed by atoms with van der Waals surface area (Å²) in [5.74, 6) is 0.821. The number of ketones is 1. The molecule has 2 aromatic rings. The molecule has 184 valence electrons. The Morgan fingerprint density at radius 2 is 1.18 bits per heavy atom. The first-order valence-electron chi connectivity index (χ1n) is 11.2. The molecule has 0 aliphatic rings. The van der Waals surface area contributed by atoms with Crippen molar-refractivity contribution in [2.24, 2.45) is 0 Å². The Morgan fingerprint density at radius 1 is 0.758 bits per heavy atom. The summed E-state index contributed by atoms with van der Waals surface area (Å²) in [6.45, 7) is 15.5. The molecule has 2 rings (SSSR count). The second-order valence-electron chi connectivity index (χ2n) is 8.20. The molecule has 0 saturated carbocycles. The first-order valence-corrected chi connectivity index (χ1v) is 15.0. The van der Waals surface area contributed by atoms with Gasteiger partial charge < -0.3 is 9.16 Å². The molecule has 2 aromatic carbocycles. The molecular weight excluding hydrogens is 455 g/mol. The van der Waals surface area contributed by atoms with E-state index in [-0.39, 0.29) is 24.1 Å². The van der Waals surface area contributed by atoms with E-state index in [1.54, 1.807) is 19.2 Å². The van der Waals surface area contributed by atoms with E-state index >= 15 is 0 Å². The summed E-state index contributed by atoms with van der Waals surface area (Å²) in [6.07, 6.45) is 0.0606. The van der Waals surface area contributed by atoms with Gasteiger partial charge in [0.25, 0.3) is 0 Å². The van der Waals surface area contributed by atoms with Crippen LogP contribution in [0.3, 0.4) is 0 Å². The summed E-state index contributed by atoms with van der Waals surface area (Å²) in [4.78, 5) is 12.1. The lowest BCUT2D eigenvalue weighted by atomic mass is 10.0. The van der Waals surface area contributed by atoms with E-state index in [1.165, 1.54) is 0 Å². The molecule has 0 atom stereocenters. The third-order valence-electron chi connectivity index (χ3n) is 3.59. The summed E-state index contributed by atoms with van der Waals surface area (Å²) < 4.78 is 30.9. The molecule has 0 aromatic heterocycles. The minimum atomic E-state index is -1.91. The highest BCUT2D eigenvalue weighted by Gasteiger charge is 2.23. The normalized spacial score (nSPS) is 10.5. The van der Waals surface area contributed by atoms with Crippen LogP contribution in [0, 0.1) is 0 Å². The molecule has 8 heteroatoms. The molecule has 0 bridgehead atoms. The summed E-state index contributed by atoms with van der Waals surface area (Å²) in [7, 11) is -0.798. The van der Waals surface area contributed by atoms with Gasteiger partial charge in [0.15, 0.2) is 14.8 Å². The van der Waals surface area contributed by atoms with Crippen LogP contribution in [0.5, 0.6) is 5.75 Å². The molecular formula is C25H40O6PSi+. The number of benzene rings is 2. The largest absolute Gasteiger partial charge is 0.697 e. The Labute approximate surface area is 202 Å². The van der Waals surface area contributed by atoms with Crippen LogP contribution in [0.2, 0.25) is 13.1 Å². The molecule has 0 aliphatic carbocycles. The highest BCUT2D eigenvalue weighted by atomic mass is 31.1. The van der Waals surface area contributed by atoms with E-state index < -0.39 is 17.3 Å². The minimum Gasteiger partial charge on any atom is -0.491 e. The molecule has 0 aliphatic heterocycles. The third kappa shape index (κ3) is 16.4. The summed E-state index contributed by atoms with van der Waals surface area (Å²) in [6, 6.07) is 16.5. The lowest BCUT2D eigenvalue weighted by Crippen LogP contribution is -2.06. The van der Waals surface area contributed by atoms with Crippen molar-refractivity contribution in [3.8, 4) is 5.75 Å². The summed E-state index contributed by atoms with van der Waals surface area (Å²) >= 11 is 0. The number of hydrogen-bond acceptors (Lipinski definition) is 6. The summed E-state index contributed by atoms with van der Waals surface area (Å²) in [5.41, 5.74) is 1.38. The van der Waals surface area contributed by atoms with Crippen LogP contribution in [0.4, 0.5) is 0 Å². The first kappa shape index (κ1) is 31.1. The molecule has 0 unspecified atom stereocenters. The zero-order valence-corrected chi connectivity index (χ0v) is 23.5. The van der Waals surface area contributed by atoms with Gasteiger partial charge in [-0.1, -0.05) is 30.3 Å². The monoisotopic (exact) mass is 495 g/mol. The van der Waals surface area contributed by atoms with Gasteiger partial charge in [0.05, 0.1) is 6.10 Å². The van der Waals surface area contributed by atoms with Crippen LogP contribution < -0.4 is 4.74 Å². The second kappa shape index (κ2) is 17.6. The van der Waals surface area contributed by atoms with Gasteiger partial charge in [-0.05, 0) is 78.9 Å². The number of ether oxygens (including phenoxy) is 1. The summed E-state index contributed by atoms with van der Waals surface area (Å²) in [5, 5.41) is 0. The van der Waals surface area contributed by atoms with E-state index in [1.807, 2.05) is 84.0 Å². The molecule has 6 nitrogen and oxygen atoms in total. The van der Waals surface area contributed by atoms with Crippen molar-refractivity contribution < 1.29 is 27.6 Å². The van der Waals surface area contributed by atoms with Gasteiger partial charge in [0.2, 0.25) is 0 Å². The Kier molecular flexibility index (Phi) is 16.6. The topological polar surface area (TPSA) is 71.1 Å². The van der Waals surface area contributed by atoms with Gasteiger partial charge in [-0.3, -0.25) is 4.79 Å². The van der Waals surface area contributed by atoms with Crippen LogP contribution in [-0.4, -0.2) is 40.2 Å². The number of hydrogen-bond donors (Lipinski definition) is 0. The lowest BCUT2D eigenvalue weighted by molar-refractivity contribution is 0.103. The average molecular weight is 496 g/mol. The Hall–Kier alpha value is -1.89. The molecule has 0 heterocycles. The molecule has 33 heavy (non-hydrogen) atoms. The van der Waals surface area contributed by atoms with Crippen molar-refractivity contribution in [1.29, 1.82) is 0 Å². The molecule has 0 N–H and O–H groups in total. The number of rotatable bonds is 9. The zero-order valence-electron chi connectivity index (χ0n) is 21.4. The van der Waals surface area contributed by atoms with Crippen molar-refractivity contribution in [1.82, 2.24) is 0 Å². The SMILES string of the molecule is CC(C)O[P+](=O)OC(C)C.CC(C)Oc1ccc(C(=O)c2ccccc2)cc1.CO[SiH](C)C. The predicted molar refractivity (Wildman–Crippen MR) is 138 cm³/mol. The van der Waals surface area contributed by atoms with E-state index in [4.69, 9.17) is 18.2 Å². The highest BCUT2D eigenvalue weighted by molar-refractivity contribution is 7.33. The quantitative estimate of drug-likeness (QED) is 0.216. The van der Waals surface area contributed by atoms with Crippen molar-refractivity contribution >= 4 is 23.1 Å². The zero-order chi connectivity index (χ0) is 25.4. The average Bonchev–Trinajstić information content (AvgIpc) is 2.73. The third-order valence-corrected chi connectivity index (χ3v) is 5.72. The van der Waals surface area contributed by atoms with Gasteiger partial charge >= 0.3 is 8.25 Å². The van der Waals surface area contributed by atoms with E-state index in [0.717, 1.165) is 5.75 Å². The molecule has 0 fully saturated rings. The van der Waals surface area contributed by atoms with E-state index in [0.29, 0.717) is 11.1 Å². The van der Waals surface area contributed by atoms with Gasteiger partial charge in [-0.15, -0.1) is 9.05 Å². The lowest BCUT2D eigenvalue weighted by Gasteiger charge is -2.09. The Bertz CT molecular complexity index is 780. The fraction of sp³-hybridized carbons (Fsp3) is 0.480. The van der Waals surface area contributed by atoms with Crippen LogP contribution >= 0.6 is 8.25 Å². The van der Waals surface area contributed by atoms with Gasteiger partial charge in [-0.25, -0.2) is 0 Å². The maximum atomic E-state index is 12.1. The van der Waals surface area contributed by atoms with Crippen LogP contribution in [0.1, 0.15) is 57.5 Å². The van der Waals surface area contributed by atoms with Gasteiger partial charge in [0.1, 0.15) is 18.0 Å². The van der Waals surface area contributed by atoms with E-state index in [9.17, 15) is 9.36 Å². The fourth-order valence-corrected chi connectivity index (χ4v) is 2.82. The van der Waals surface area contributed by atoms with Crippen molar-refractivity contribution in [2.45, 2.75) is 72.9 Å². The van der Waals surface area contributed by atoms with Gasteiger partial charge in [0, 0.05) is 22.8 Å². The first-order chi connectivity index (χ1) is 15.5. The van der Waals surface area contributed by atoms with Crippen molar-refractivity contribution in [2.75, 3.05) is 7.11 Å². The Morgan fingerprint density at radius 3 is 1.55 bits per heavy atom. The molecule has 0 radical (unpaired) electrons. The minimum absolute atomic E-state index is 0.0340. The van der Waals surface area contributed by atoms with E-state index in [2.05, 4.69) is 13.1 Å². The second-order valence-corrected chi connectivity index (χ2v) is 11.6. The van der Waals surface area contributed by atoms with Crippen LogP contribution in [0.25, 0.3) is 0 Å². The number of carbonyl (C=O) groups excluding carboxylic acids is 1. The maximum Gasteiger partial charge on any atom is 0.697 e. The van der Waals surface area contributed by atoms with Crippen LogP contribution in [0.15, 0.2) is 54.6 Å². The van der Waals surface area contributed by atoms with Crippen LogP contribution in [-0.2, 0) is 18.0 Å². The van der Waals surface area contributed by atoms with Crippen molar-refractivity contribution in [3.63, 3.8) is 0 Å². The van der Waals surface area contributed by atoms with Gasteiger partial charge in [-0.2, -0.15) is 0 Å². The Balaban J connectivity index is 0.000000576. The molecule has 0 amide bonds. The predicted octanol–water partition coefficient (Wildman–Crippen LogP) is 6.81. The highest BCUT2D eigenvalue weighted by Crippen LogP contribution is 2.27. The smallest absolute Gasteiger partial charge is 0.491 e. The maximum absolute atomic E-state index is 12.1. The standard InChI is InChI=1S/C16H16O2.C6H14O3P.C3H10OSi/c1-12(2)18-15-10-8-14(9-11-15)16(17)13-6-4-3-5-7-13;1-5(2)8-10(7)9-6(3)4;1-4-5(2)3/h3-12H,1-2H3;5-6H,1-4H3;5H,1-3H3/q;+1;.